The SMILES string of the molecule is CC(C)[C@H](CC(=O)[C@@H](NC(=O)CC(Oc1ccc(Cl)cc1)c1ccc(Cl)c(Cl)c1)c1ccccc1)C(=O)C(F)(F)C(=O)NCC(F)(F)F. The molecule has 258 valence electrons. The number of alkyl halides is 5. The fourth-order valence-corrected chi connectivity index (χ4v) is 5.04. The molecule has 0 spiro atoms. The van der Waals surface area contributed by atoms with Gasteiger partial charge >= 0.3 is 12.1 Å². The lowest BCUT2D eigenvalue weighted by molar-refractivity contribution is -0.167. The van der Waals surface area contributed by atoms with Crippen molar-refractivity contribution in [1.82, 2.24) is 10.6 Å². The van der Waals surface area contributed by atoms with Crippen molar-refractivity contribution in [2.24, 2.45) is 11.8 Å². The Bertz CT molecular complexity index is 1610. The third-order valence-electron chi connectivity index (χ3n) is 7.15. The molecule has 3 rings (SSSR count). The Hall–Kier alpha value is -3.74. The van der Waals surface area contributed by atoms with Crippen LogP contribution in [-0.2, 0) is 19.2 Å². The summed E-state index contributed by atoms with van der Waals surface area (Å²) in [5.74, 6) is -13.3. The predicted octanol–water partition coefficient (Wildman–Crippen LogP) is 8.13. The van der Waals surface area contributed by atoms with Crippen LogP contribution in [0, 0.1) is 11.8 Å². The van der Waals surface area contributed by atoms with Crippen molar-refractivity contribution in [3.8, 4) is 5.75 Å². The highest BCUT2D eigenvalue weighted by Gasteiger charge is 2.51. The minimum Gasteiger partial charge on any atom is -0.485 e. The van der Waals surface area contributed by atoms with Gasteiger partial charge in [-0.1, -0.05) is 85.0 Å². The predicted molar refractivity (Wildman–Crippen MR) is 170 cm³/mol. The fraction of sp³-hybridized carbons (Fsp3) is 0.333. The van der Waals surface area contributed by atoms with Gasteiger partial charge < -0.3 is 15.4 Å². The van der Waals surface area contributed by atoms with Crippen LogP contribution < -0.4 is 15.4 Å². The van der Waals surface area contributed by atoms with Gasteiger partial charge in [-0.05, 0) is 53.4 Å². The van der Waals surface area contributed by atoms with Crippen LogP contribution in [-0.4, -0.2) is 42.0 Å². The largest absolute Gasteiger partial charge is 0.485 e. The van der Waals surface area contributed by atoms with Crippen molar-refractivity contribution in [3.63, 3.8) is 0 Å². The molecule has 0 aromatic heterocycles. The van der Waals surface area contributed by atoms with Gasteiger partial charge in [-0.2, -0.15) is 22.0 Å². The molecule has 48 heavy (non-hydrogen) atoms. The zero-order chi connectivity index (χ0) is 35.8. The lowest BCUT2D eigenvalue weighted by Crippen LogP contribution is -2.51. The molecule has 0 aliphatic carbocycles. The van der Waals surface area contributed by atoms with Gasteiger partial charge in [0.1, 0.15) is 24.4 Å². The summed E-state index contributed by atoms with van der Waals surface area (Å²) < 4.78 is 73.1. The van der Waals surface area contributed by atoms with Crippen LogP contribution in [0.1, 0.15) is 50.0 Å². The third kappa shape index (κ3) is 10.9. The second kappa shape index (κ2) is 16.6. The zero-order valence-electron chi connectivity index (χ0n) is 25.4. The molecule has 2 N–H and O–H groups in total. The number of ketones is 2. The summed E-state index contributed by atoms with van der Waals surface area (Å²) >= 11 is 18.2. The minimum absolute atomic E-state index is 0.185. The average molecular weight is 736 g/mol. The van der Waals surface area contributed by atoms with Crippen LogP contribution in [0.4, 0.5) is 22.0 Å². The second-order valence-corrected chi connectivity index (χ2v) is 12.4. The molecule has 0 bridgehead atoms. The van der Waals surface area contributed by atoms with Gasteiger partial charge in [-0.3, -0.25) is 19.2 Å². The van der Waals surface area contributed by atoms with Crippen molar-refractivity contribution in [2.45, 2.75) is 50.9 Å². The number of hydrogen-bond donors (Lipinski definition) is 2. The van der Waals surface area contributed by atoms with Crippen LogP contribution in [0.5, 0.6) is 5.75 Å². The molecule has 0 saturated heterocycles. The van der Waals surface area contributed by atoms with Crippen molar-refractivity contribution < 1.29 is 45.9 Å². The highest BCUT2D eigenvalue weighted by atomic mass is 35.5. The van der Waals surface area contributed by atoms with Crippen molar-refractivity contribution in [2.75, 3.05) is 6.54 Å². The molecular weight excluding hydrogens is 706 g/mol. The van der Waals surface area contributed by atoms with E-state index in [9.17, 15) is 41.1 Å². The second-order valence-electron chi connectivity index (χ2n) is 11.1. The minimum atomic E-state index is -5.00. The molecular formula is C33H30Cl3F5N2O5. The van der Waals surface area contributed by atoms with Crippen molar-refractivity contribution in [1.29, 1.82) is 0 Å². The van der Waals surface area contributed by atoms with E-state index < -0.39 is 72.4 Å². The number of hydrogen-bond acceptors (Lipinski definition) is 5. The first-order valence-electron chi connectivity index (χ1n) is 14.4. The summed E-state index contributed by atoms with van der Waals surface area (Å²) in [6.45, 7) is 0.601. The normalized spacial score (nSPS) is 13.7. The van der Waals surface area contributed by atoms with E-state index in [1.54, 1.807) is 48.5 Å². The topological polar surface area (TPSA) is 102 Å². The number of amides is 2. The number of halogens is 8. The third-order valence-corrected chi connectivity index (χ3v) is 8.14. The van der Waals surface area contributed by atoms with E-state index in [4.69, 9.17) is 39.5 Å². The first-order chi connectivity index (χ1) is 22.4. The summed E-state index contributed by atoms with van der Waals surface area (Å²) in [4.78, 5) is 52.0. The summed E-state index contributed by atoms with van der Waals surface area (Å²) in [6, 6.07) is 17.2. The Morgan fingerprint density at radius 1 is 0.792 bits per heavy atom. The quantitative estimate of drug-likeness (QED) is 0.121. The lowest BCUT2D eigenvalue weighted by atomic mass is 9.82. The van der Waals surface area contributed by atoms with E-state index >= 15 is 0 Å². The van der Waals surface area contributed by atoms with Gasteiger partial charge in [0.05, 0.1) is 16.5 Å². The smallest absolute Gasteiger partial charge is 0.405 e. The van der Waals surface area contributed by atoms with E-state index in [2.05, 4.69) is 5.32 Å². The first-order valence-corrected chi connectivity index (χ1v) is 15.5. The van der Waals surface area contributed by atoms with E-state index in [-0.39, 0.29) is 22.0 Å². The first kappa shape index (κ1) is 38.7. The summed E-state index contributed by atoms with van der Waals surface area (Å²) in [5, 5.41) is 4.47. The summed E-state index contributed by atoms with van der Waals surface area (Å²) in [5.41, 5.74) is 0.707. The maximum absolute atomic E-state index is 14.8. The molecule has 0 aliphatic heterocycles. The molecule has 1 unspecified atom stereocenters. The molecule has 0 saturated carbocycles. The van der Waals surface area contributed by atoms with Crippen molar-refractivity contribution in [3.05, 3.63) is 99.0 Å². The summed E-state index contributed by atoms with van der Waals surface area (Å²) in [6.07, 6.45) is -7.20. The van der Waals surface area contributed by atoms with E-state index in [1.165, 1.54) is 38.1 Å². The Morgan fingerprint density at radius 3 is 1.98 bits per heavy atom. The molecule has 0 aliphatic rings. The van der Waals surface area contributed by atoms with Crippen LogP contribution in [0.2, 0.25) is 15.1 Å². The number of carbonyl (C=O) groups excluding carboxylic acids is 4. The number of rotatable bonds is 15. The van der Waals surface area contributed by atoms with Gasteiger partial charge in [0.15, 0.2) is 5.78 Å². The summed E-state index contributed by atoms with van der Waals surface area (Å²) in [7, 11) is 0. The van der Waals surface area contributed by atoms with Crippen LogP contribution in [0.15, 0.2) is 72.8 Å². The number of ether oxygens (including phenoxy) is 1. The molecule has 2 amide bonds. The van der Waals surface area contributed by atoms with Crippen LogP contribution in [0.3, 0.4) is 0 Å². The Labute approximate surface area is 288 Å². The number of benzene rings is 3. The number of Topliss-reactive ketones (excluding diaryl/α,β-unsaturated/α-hetero) is 2. The molecule has 7 nitrogen and oxygen atoms in total. The number of nitrogens with one attached hydrogen (secondary N) is 2. The van der Waals surface area contributed by atoms with Gasteiger partial charge in [0.2, 0.25) is 11.7 Å². The van der Waals surface area contributed by atoms with E-state index in [0.717, 1.165) is 5.32 Å². The molecule has 3 atom stereocenters. The van der Waals surface area contributed by atoms with E-state index in [0.29, 0.717) is 16.3 Å². The Kier molecular flexibility index (Phi) is 13.4. The standard InChI is InChI=1S/C33H30Cl3F5N2O5/c1-18(2)23(30(46)33(40,41)31(47)42-17-32(37,38)39)15-26(44)29(19-6-4-3-5-7-19)43-28(45)16-27(20-8-13-24(35)25(36)14-20)48-22-11-9-21(34)10-12-22/h3-14,18,23,27,29H,15-17H2,1-2H3,(H,42,47)(H,43,45)/t23-,27?,29-/m0/s1. The van der Waals surface area contributed by atoms with Gasteiger partial charge in [0, 0.05) is 17.4 Å². The average Bonchev–Trinajstić information content (AvgIpc) is 3.02. The molecule has 15 heteroatoms. The zero-order valence-corrected chi connectivity index (χ0v) is 27.7. The highest BCUT2D eigenvalue weighted by Crippen LogP contribution is 2.33. The molecule has 0 heterocycles. The molecule has 0 fully saturated rings. The Morgan fingerprint density at radius 2 is 1.42 bits per heavy atom. The van der Waals surface area contributed by atoms with Gasteiger partial charge in [-0.15, -0.1) is 0 Å². The van der Waals surface area contributed by atoms with E-state index in [1.807, 2.05) is 0 Å². The van der Waals surface area contributed by atoms with Crippen molar-refractivity contribution >= 4 is 58.2 Å². The van der Waals surface area contributed by atoms with Gasteiger partial charge in [0.25, 0.3) is 5.91 Å². The van der Waals surface area contributed by atoms with Gasteiger partial charge in [-0.25, -0.2) is 0 Å². The molecule has 3 aromatic rings. The fourth-order valence-electron chi connectivity index (χ4n) is 4.60. The molecule has 3 aromatic carbocycles. The highest BCUT2D eigenvalue weighted by molar-refractivity contribution is 6.42. The van der Waals surface area contributed by atoms with Crippen LogP contribution in [0.25, 0.3) is 0 Å². The maximum Gasteiger partial charge on any atom is 0.405 e. The lowest BCUT2D eigenvalue weighted by Gasteiger charge is -2.27. The van der Waals surface area contributed by atoms with Crippen LogP contribution >= 0.6 is 34.8 Å². The molecule has 0 radical (unpaired) electrons. The monoisotopic (exact) mass is 734 g/mol. The Balaban J connectivity index is 1.87. The maximum atomic E-state index is 14.8. The number of carbonyl (C=O) groups is 4.